The van der Waals surface area contributed by atoms with Crippen LogP contribution in [0.4, 0.5) is 0 Å². The Bertz CT molecular complexity index is 1170. The number of aliphatic hydroxyl groups is 1. The second-order valence-electron chi connectivity index (χ2n) is 8.26. The fourth-order valence-corrected chi connectivity index (χ4v) is 4.58. The summed E-state index contributed by atoms with van der Waals surface area (Å²) in [5.74, 6) is 0.778. The lowest BCUT2D eigenvalue weighted by atomic mass is 10.2. The minimum atomic E-state index is -0.707. The van der Waals surface area contributed by atoms with E-state index in [0.29, 0.717) is 46.1 Å². The molecule has 0 aliphatic heterocycles. The summed E-state index contributed by atoms with van der Waals surface area (Å²) in [6.45, 7) is 10.8. The molecular weight excluding hydrogens is 442 g/mol. The minimum absolute atomic E-state index is 0.162. The molecule has 0 saturated heterocycles. The predicted molar refractivity (Wildman–Crippen MR) is 129 cm³/mol. The van der Waals surface area contributed by atoms with Gasteiger partial charge in [0.05, 0.1) is 18.0 Å². The van der Waals surface area contributed by atoms with Gasteiger partial charge in [-0.25, -0.2) is 9.78 Å². The summed E-state index contributed by atoms with van der Waals surface area (Å²) in [4.78, 5) is 35.4. The van der Waals surface area contributed by atoms with Gasteiger partial charge in [-0.1, -0.05) is 25.1 Å². The van der Waals surface area contributed by atoms with Gasteiger partial charge >= 0.3 is 5.97 Å². The van der Waals surface area contributed by atoms with Gasteiger partial charge < -0.3 is 19.6 Å². The molecule has 0 bridgehead atoms. The summed E-state index contributed by atoms with van der Waals surface area (Å²) in [5, 5.41) is 10.9. The number of para-hydroxylation sites is 1. The highest BCUT2D eigenvalue weighted by molar-refractivity contribution is 7.20. The monoisotopic (exact) mass is 473 g/mol. The van der Waals surface area contributed by atoms with E-state index in [9.17, 15) is 14.7 Å². The van der Waals surface area contributed by atoms with Gasteiger partial charge in [0.15, 0.2) is 0 Å². The number of hydrogen-bond acceptors (Lipinski definition) is 8. The molecule has 0 aliphatic rings. The Morgan fingerprint density at radius 2 is 2.00 bits per heavy atom. The van der Waals surface area contributed by atoms with E-state index in [1.807, 2.05) is 43.0 Å². The summed E-state index contributed by atoms with van der Waals surface area (Å²) in [7, 11) is 0. The number of ether oxygens (including phenoxy) is 2. The van der Waals surface area contributed by atoms with Gasteiger partial charge in [-0.15, -0.1) is 11.3 Å². The molecule has 2 heterocycles. The van der Waals surface area contributed by atoms with E-state index in [1.165, 1.54) is 0 Å². The third kappa shape index (κ3) is 6.19. The van der Waals surface area contributed by atoms with Gasteiger partial charge in [0.25, 0.3) is 5.56 Å². The van der Waals surface area contributed by atoms with Crippen LogP contribution >= 0.6 is 11.3 Å². The van der Waals surface area contributed by atoms with Crippen LogP contribution in [0.3, 0.4) is 0 Å². The van der Waals surface area contributed by atoms with Crippen molar-refractivity contribution in [1.82, 2.24) is 14.9 Å². The summed E-state index contributed by atoms with van der Waals surface area (Å²) in [6.07, 6.45) is -0.954. The average Bonchev–Trinajstić information content (AvgIpc) is 3.09. The van der Waals surface area contributed by atoms with Gasteiger partial charge in [-0.05, 0) is 51.4 Å². The topological polar surface area (TPSA) is 105 Å². The van der Waals surface area contributed by atoms with Crippen molar-refractivity contribution < 1.29 is 19.4 Å². The van der Waals surface area contributed by atoms with Crippen LogP contribution in [0.2, 0.25) is 0 Å². The number of nitrogens with one attached hydrogen (secondary N) is 1. The van der Waals surface area contributed by atoms with Crippen LogP contribution in [0.25, 0.3) is 10.2 Å². The van der Waals surface area contributed by atoms with Crippen molar-refractivity contribution in [1.29, 1.82) is 0 Å². The van der Waals surface area contributed by atoms with Crippen molar-refractivity contribution in [2.75, 3.05) is 19.7 Å². The fraction of sp³-hybridized carbons (Fsp3) is 0.458. The zero-order chi connectivity index (χ0) is 24.1. The molecule has 2 N–H and O–H groups in total. The molecule has 8 nitrogen and oxygen atoms in total. The van der Waals surface area contributed by atoms with Gasteiger partial charge in [0.1, 0.15) is 34.0 Å². The molecule has 33 heavy (non-hydrogen) atoms. The lowest BCUT2D eigenvalue weighted by Crippen LogP contribution is -2.36. The molecule has 0 saturated carbocycles. The third-order valence-electron chi connectivity index (χ3n) is 5.19. The molecule has 9 heteroatoms. The van der Waals surface area contributed by atoms with Gasteiger partial charge in [-0.3, -0.25) is 9.69 Å². The molecule has 2 aromatic heterocycles. The summed E-state index contributed by atoms with van der Waals surface area (Å²) in [6, 6.07) is 7.66. The summed E-state index contributed by atoms with van der Waals surface area (Å²) >= 11 is 1.16. The van der Waals surface area contributed by atoms with E-state index < -0.39 is 12.1 Å². The molecule has 0 aliphatic carbocycles. The van der Waals surface area contributed by atoms with Gasteiger partial charge in [0, 0.05) is 6.54 Å². The van der Waals surface area contributed by atoms with E-state index in [-0.39, 0.29) is 18.3 Å². The summed E-state index contributed by atoms with van der Waals surface area (Å²) < 4.78 is 11.0. The molecule has 178 valence electrons. The lowest BCUT2D eigenvalue weighted by Gasteiger charge is -2.23. The molecule has 3 rings (SSSR count). The number of carbonyl (C=O) groups is 1. The number of H-pyrrole nitrogens is 1. The highest BCUT2D eigenvalue weighted by atomic mass is 32.1. The smallest absolute Gasteiger partial charge is 0.348 e. The number of benzene rings is 1. The highest BCUT2D eigenvalue weighted by Gasteiger charge is 2.22. The van der Waals surface area contributed by atoms with Crippen molar-refractivity contribution in [3.05, 3.63) is 56.4 Å². The first-order chi connectivity index (χ1) is 15.7. The Kier molecular flexibility index (Phi) is 8.23. The first kappa shape index (κ1) is 24.9. The summed E-state index contributed by atoms with van der Waals surface area (Å²) in [5.41, 5.74) is 1.30. The zero-order valence-corrected chi connectivity index (χ0v) is 20.5. The van der Waals surface area contributed by atoms with Crippen molar-refractivity contribution in [2.45, 2.75) is 53.4 Å². The van der Waals surface area contributed by atoms with E-state index in [1.54, 1.807) is 20.8 Å². The Morgan fingerprint density at radius 1 is 1.27 bits per heavy atom. The number of aryl methyl sites for hydroxylation is 2. The lowest BCUT2D eigenvalue weighted by molar-refractivity contribution is 0.0383. The number of hydrogen-bond donors (Lipinski definition) is 2. The Morgan fingerprint density at radius 3 is 2.67 bits per heavy atom. The number of aromatic amines is 1. The van der Waals surface area contributed by atoms with E-state index >= 15 is 0 Å². The normalized spacial score (nSPS) is 12.5. The number of carbonyl (C=O) groups excluding carboxylic acids is 1. The first-order valence-electron chi connectivity index (χ1n) is 11.0. The van der Waals surface area contributed by atoms with Crippen LogP contribution < -0.4 is 10.3 Å². The molecule has 0 radical (unpaired) electrons. The Balaban J connectivity index is 1.70. The maximum absolute atomic E-state index is 12.7. The number of likely N-dealkylation sites (N-methyl/N-ethyl adjacent to an activating group) is 1. The molecule has 0 spiro atoms. The molecular formula is C24H31N3O5S. The van der Waals surface area contributed by atoms with Crippen LogP contribution in [0, 0.1) is 13.8 Å². The molecule has 3 aromatic rings. The molecule has 0 fully saturated rings. The van der Waals surface area contributed by atoms with Gasteiger partial charge in [0.2, 0.25) is 0 Å². The van der Waals surface area contributed by atoms with Crippen LogP contribution in [-0.4, -0.2) is 57.8 Å². The van der Waals surface area contributed by atoms with Crippen LogP contribution in [0.5, 0.6) is 5.75 Å². The number of aromatic nitrogens is 2. The minimum Gasteiger partial charge on any atom is -0.491 e. The first-order valence-corrected chi connectivity index (χ1v) is 11.8. The second-order valence-corrected chi connectivity index (χ2v) is 9.26. The van der Waals surface area contributed by atoms with Crippen LogP contribution in [0.15, 0.2) is 29.1 Å². The van der Waals surface area contributed by atoms with Crippen molar-refractivity contribution in [2.24, 2.45) is 0 Å². The number of aliphatic hydroxyl groups excluding tert-OH is 1. The van der Waals surface area contributed by atoms with E-state index in [2.05, 4.69) is 9.97 Å². The van der Waals surface area contributed by atoms with Gasteiger partial charge in [-0.2, -0.15) is 0 Å². The third-order valence-corrected chi connectivity index (χ3v) is 6.36. The Labute approximate surface area is 197 Å². The standard InChI is InChI=1S/C24H31N3O5S/c1-6-27(11-17(28)13-31-18-10-8-7-9-15(18)4)12-19-25-22(29)20-16(5)21(33-23(20)26-19)24(30)32-14(2)3/h7-10,14,17,28H,6,11-13H2,1-5H3,(H,25,26,29). The maximum atomic E-state index is 12.7. The number of rotatable bonds is 10. The van der Waals surface area contributed by atoms with E-state index in [0.717, 1.165) is 22.6 Å². The number of fused-ring (bicyclic) bond motifs is 1. The average molecular weight is 474 g/mol. The van der Waals surface area contributed by atoms with Crippen LogP contribution in [0.1, 0.15) is 47.4 Å². The van der Waals surface area contributed by atoms with Crippen molar-refractivity contribution in [3.63, 3.8) is 0 Å². The largest absolute Gasteiger partial charge is 0.491 e. The zero-order valence-electron chi connectivity index (χ0n) is 19.7. The predicted octanol–water partition coefficient (Wildman–Crippen LogP) is 3.43. The Hall–Kier alpha value is -2.75. The fourth-order valence-electron chi connectivity index (χ4n) is 3.50. The van der Waals surface area contributed by atoms with Crippen molar-refractivity contribution >= 4 is 27.5 Å². The maximum Gasteiger partial charge on any atom is 0.348 e. The van der Waals surface area contributed by atoms with Crippen LogP contribution in [-0.2, 0) is 11.3 Å². The number of nitrogens with zero attached hydrogens (tertiary/aromatic N) is 2. The highest BCUT2D eigenvalue weighted by Crippen LogP contribution is 2.28. The molecule has 1 aromatic carbocycles. The van der Waals surface area contributed by atoms with E-state index in [4.69, 9.17) is 9.47 Å². The second kappa shape index (κ2) is 10.9. The molecule has 0 amide bonds. The molecule has 1 unspecified atom stereocenters. The van der Waals surface area contributed by atoms with Crippen molar-refractivity contribution in [3.8, 4) is 5.75 Å². The SMILES string of the molecule is CCN(Cc1nc2sc(C(=O)OC(C)C)c(C)c2c(=O)[nH]1)CC(O)COc1ccccc1C. The number of esters is 1. The quantitative estimate of drug-likeness (QED) is 0.435. The number of thiophene rings is 1. The molecule has 1 atom stereocenters.